The minimum Gasteiger partial charge on any atom is -0.373 e. The summed E-state index contributed by atoms with van der Waals surface area (Å²) in [4.78, 5) is 27.4. The van der Waals surface area contributed by atoms with E-state index in [4.69, 9.17) is 4.74 Å². The first kappa shape index (κ1) is 19.6. The van der Waals surface area contributed by atoms with Crippen LogP contribution in [0.25, 0.3) is 0 Å². The van der Waals surface area contributed by atoms with Gasteiger partial charge >= 0.3 is 6.18 Å². The lowest BCUT2D eigenvalue weighted by atomic mass is 10.1. The lowest BCUT2D eigenvalue weighted by Gasteiger charge is -2.37. The predicted octanol–water partition coefficient (Wildman–Crippen LogP) is 2.40. The first-order valence-electron chi connectivity index (χ1n) is 8.80. The minimum atomic E-state index is -4.73. The molecule has 2 amide bonds. The number of amides is 2. The van der Waals surface area contributed by atoms with Crippen LogP contribution in [0.1, 0.15) is 20.3 Å². The van der Waals surface area contributed by atoms with Crippen LogP contribution in [-0.2, 0) is 14.3 Å². The van der Waals surface area contributed by atoms with E-state index in [-0.39, 0.29) is 30.1 Å². The van der Waals surface area contributed by atoms with Gasteiger partial charge in [-0.2, -0.15) is 13.2 Å². The molecule has 2 heterocycles. The molecule has 0 aliphatic carbocycles. The van der Waals surface area contributed by atoms with Gasteiger partial charge in [-0.05, 0) is 26.0 Å². The number of benzene rings is 1. The first-order valence-corrected chi connectivity index (χ1v) is 8.80. The number of hydrogen-bond acceptors (Lipinski definition) is 4. The van der Waals surface area contributed by atoms with Gasteiger partial charge in [0.2, 0.25) is 11.8 Å². The number of nitrogens with one attached hydrogen (secondary N) is 1. The molecule has 0 aromatic heterocycles. The summed E-state index contributed by atoms with van der Waals surface area (Å²) in [5.41, 5.74) is 0.261. The van der Waals surface area contributed by atoms with Crippen LogP contribution in [0.2, 0.25) is 0 Å². The van der Waals surface area contributed by atoms with Crippen molar-refractivity contribution in [1.29, 1.82) is 0 Å². The monoisotopic (exact) mass is 385 g/mol. The Balaban J connectivity index is 1.93. The number of anilines is 2. The van der Waals surface area contributed by atoms with Gasteiger partial charge in [0.1, 0.15) is 6.04 Å². The number of halogens is 3. The highest BCUT2D eigenvalue weighted by Gasteiger charge is 2.49. The van der Waals surface area contributed by atoms with E-state index in [2.05, 4.69) is 5.32 Å². The van der Waals surface area contributed by atoms with Crippen molar-refractivity contribution in [1.82, 2.24) is 4.90 Å². The van der Waals surface area contributed by atoms with Crippen molar-refractivity contribution in [3.8, 4) is 0 Å². The van der Waals surface area contributed by atoms with Gasteiger partial charge in [-0.25, -0.2) is 0 Å². The molecule has 9 heteroatoms. The third kappa shape index (κ3) is 4.41. The fraction of sp³-hybridized carbons (Fsp3) is 0.556. The Kier molecular flexibility index (Phi) is 5.43. The molecule has 6 nitrogen and oxygen atoms in total. The van der Waals surface area contributed by atoms with E-state index in [1.807, 2.05) is 13.8 Å². The molecule has 0 bridgehead atoms. The smallest absolute Gasteiger partial charge is 0.373 e. The Labute approximate surface area is 155 Å². The third-order valence-corrected chi connectivity index (χ3v) is 4.63. The van der Waals surface area contributed by atoms with Gasteiger partial charge in [0, 0.05) is 13.1 Å². The van der Waals surface area contributed by atoms with Crippen LogP contribution in [-0.4, -0.2) is 60.8 Å². The van der Waals surface area contributed by atoms with Crippen LogP contribution in [0.3, 0.4) is 0 Å². The molecule has 0 spiro atoms. The second-order valence-electron chi connectivity index (χ2n) is 7.04. The number of hydrogen-bond donors (Lipinski definition) is 1. The molecule has 3 rings (SSSR count). The van der Waals surface area contributed by atoms with Crippen molar-refractivity contribution in [3.63, 3.8) is 0 Å². The maximum absolute atomic E-state index is 13.7. The number of para-hydroxylation sites is 2. The number of fused-ring (bicyclic) bond motifs is 1. The molecule has 1 N–H and O–H groups in total. The van der Waals surface area contributed by atoms with Crippen LogP contribution in [0.15, 0.2) is 24.3 Å². The zero-order valence-electron chi connectivity index (χ0n) is 15.1. The number of alkyl halides is 3. The molecular formula is C18H22F3N3O3. The topological polar surface area (TPSA) is 61.9 Å². The Bertz CT molecular complexity index is 715. The van der Waals surface area contributed by atoms with Gasteiger partial charge in [0.15, 0.2) is 0 Å². The van der Waals surface area contributed by atoms with Crippen molar-refractivity contribution in [2.45, 2.75) is 44.7 Å². The summed E-state index contributed by atoms with van der Waals surface area (Å²) < 4.78 is 46.7. The van der Waals surface area contributed by atoms with Crippen LogP contribution < -0.4 is 10.2 Å². The summed E-state index contributed by atoms with van der Waals surface area (Å²) >= 11 is 0. The zero-order chi connectivity index (χ0) is 19.8. The summed E-state index contributed by atoms with van der Waals surface area (Å²) in [6.07, 6.45) is -5.78. The van der Waals surface area contributed by atoms with Gasteiger partial charge < -0.3 is 10.1 Å². The highest BCUT2D eigenvalue weighted by Crippen LogP contribution is 2.37. The standard InChI is InChI=1S/C18H22F3N3O3/c1-11-8-23(9-12(2)27-11)10-17(26)24-14-6-4-3-5-13(14)22-16(25)7-15(24)18(19,20)21/h3-6,11-12,15H,7-10H2,1-2H3,(H,22,25)/t11-,12+,15-/m0/s1. The molecule has 1 fully saturated rings. The summed E-state index contributed by atoms with van der Waals surface area (Å²) in [7, 11) is 0. The summed E-state index contributed by atoms with van der Waals surface area (Å²) in [6, 6.07) is 3.85. The quantitative estimate of drug-likeness (QED) is 0.849. The number of carbonyl (C=O) groups is 2. The second-order valence-corrected chi connectivity index (χ2v) is 7.04. The van der Waals surface area contributed by atoms with Gasteiger partial charge in [-0.15, -0.1) is 0 Å². The van der Waals surface area contributed by atoms with Crippen molar-refractivity contribution in [3.05, 3.63) is 24.3 Å². The fourth-order valence-electron chi connectivity index (χ4n) is 3.68. The van der Waals surface area contributed by atoms with E-state index in [0.717, 1.165) is 4.90 Å². The Morgan fingerprint density at radius 1 is 1.22 bits per heavy atom. The van der Waals surface area contributed by atoms with Crippen molar-refractivity contribution < 1.29 is 27.5 Å². The summed E-state index contributed by atoms with van der Waals surface area (Å²) in [5.74, 6) is -1.46. The average molecular weight is 385 g/mol. The number of ether oxygens (including phenoxy) is 1. The van der Waals surface area contributed by atoms with Crippen LogP contribution >= 0.6 is 0 Å². The lowest BCUT2D eigenvalue weighted by molar-refractivity contribution is -0.158. The van der Waals surface area contributed by atoms with E-state index in [1.54, 1.807) is 17.0 Å². The molecule has 0 saturated carbocycles. The first-order chi connectivity index (χ1) is 12.6. The molecule has 1 aromatic carbocycles. The SMILES string of the molecule is C[C@@H]1CN(CC(=O)N2c3ccccc3NC(=O)C[C@H]2C(F)(F)F)C[C@H](C)O1. The van der Waals surface area contributed by atoms with Gasteiger partial charge in [-0.1, -0.05) is 12.1 Å². The van der Waals surface area contributed by atoms with E-state index in [9.17, 15) is 22.8 Å². The van der Waals surface area contributed by atoms with Gasteiger partial charge in [0.25, 0.3) is 0 Å². The van der Waals surface area contributed by atoms with Gasteiger partial charge in [0.05, 0.1) is 36.5 Å². The maximum Gasteiger partial charge on any atom is 0.409 e. The van der Waals surface area contributed by atoms with E-state index < -0.39 is 30.5 Å². The largest absolute Gasteiger partial charge is 0.409 e. The molecule has 3 atom stereocenters. The molecule has 0 radical (unpaired) electrons. The highest BCUT2D eigenvalue weighted by molar-refractivity contribution is 6.05. The third-order valence-electron chi connectivity index (χ3n) is 4.63. The van der Waals surface area contributed by atoms with Crippen LogP contribution in [0.5, 0.6) is 0 Å². The molecule has 2 aliphatic rings. The number of rotatable bonds is 2. The molecule has 1 aromatic rings. The summed E-state index contributed by atoms with van der Waals surface area (Å²) in [5, 5.41) is 2.46. The van der Waals surface area contributed by atoms with Crippen molar-refractivity contribution >= 4 is 23.2 Å². The van der Waals surface area contributed by atoms with E-state index in [0.29, 0.717) is 13.1 Å². The van der Waals surface area contributed by atoms with Crippen LogP contribution in [0.4, 0.5) is 24.5 Å². The Morgan fingerprint density at radius 2 is 1.85 bits per heavy atom. The number of carbonyl (C=O) groups excluding carboxylic acids is 2. The predicted molar refractivity (Wildman–Crippen MR) is 93.5 cm³/mol. The molecular weight excluding hydrogens is 363 g/mol. The molecule has 1 saturated heterocycles. The maximum atomic E-state index is 13.7. The fourth-order valence-corrected chi connectivity index (χ4v) is 3.68. The van der Waals surface area contributed by atoms with Crippen molar-refractivity contribution in [2.75, 3.05) is 29.9 Å². The van der Waals surface area contributed by atoms with Crippen molar-refractivity contribution in [2.24, 2.45) is 0 Å². The average Bonchev–Trinajstić information content (AvgIpc) is 2.69. The molecule has 27 heavy (non-hydrogen) atoms. The lowest BCUT2D eigenvalue weighted by Crippen LogP contribution is -2.55. The zero-order valence-corrected chi connectivity index (χ0v) is 15.1. The number of morpholine rings is 1. The van der Waals surface area contributed by atoms with Gasteiger partial charge in [-0.3, -0.25) is 19.4 Å². The van der Waals surface area contributed by atoms with E-state index >= 15 is 0 Å². The second kappa shape index (κ2) is 7.47. The Morgan fingerprint density at radius 3 is 2.48 bits per heavy atom. The summed E-state index contributed by atoms with van der Waals surface area (Å²) in [6.45, 7) is 4.46. The van der Waals surface area contributed by atoms with Crippen LogP contribution in [0, 0.1) is 0 Å². The Hall–Kier alpha value is -2.13. The minimum absolute atomic E-state index is 0.0602. The highest BCUT2D eigenvalue weighted by atomic mass is 19.4. The molecule has 2 aliphatic heterocycles. The normalized spacial score (nSPS) is 26.9. The molecule has 0 unspecified atom stereocenters. The molecule has 148 valence electrons. The van der Waals surface area contributed by atoms with E-state index in [1.165, 1.54) is 12.1 Å². The number of nitrogens with zero attached hydrogens (tertiary/aromatic N) is 2.